The summed E-state index contributed by atoms with van der Waals surface area (Å²) >= 11 is 0. The summed E-state index contributed by atoms with van der Waals surface area (Å²) in [6, 6.07) is 2.50. The molecule has 2 rings (SSSR count). The molecule has 2 amide bonds. The van der Waals surface area contributed by atoms with Gasteiger partial charge >= 0.3 is 12.0 Å². The summed E-state index contributed by atoms with van der Waals surface area (Å²) in [5, 5.41) is 21.2. The van der Waals surface area contributed by atoms with Crippen LogP contribution < -0.4 is 10.6 Å². The Morgan fingerprint density at radius 1 is 1.38 bits per heavy atom. The summed E-state index contributed by atoms with van der Waals surface area (Å²) in [4.78, 5) is 22.6. The molecule has 0 radical (unpaired) electrons. The van der Waals surface area contributed by atoms with Gasteiger partial charge in [-0.15, -0.1) is 5.10 Å². The molecule has 0 aliphatic heterocycles. The van der Waals surface area contributed by atoms with Crippen molar-refractivity contribution in [3.05, 3.63) is 42.0 Å². The first kappa shape index (κ1) is 14.4. The molecule has 8 nitrogen and oxygen atoms in total. The van der Waals surface area contributed by atoms with Crippen molar-refractivity contribution in [2.45, 2.75) is 6.54 Å². The van der Waals surface area contributed by atoms with Crippen LogP contribution in [0.25, 0.3) is 0 Å². The van der Waals surface area contributed by atoms with Gasteiger partial charge in [-0.25, -0.2) is 14.0 Å². The largest absolute Gasteiger partial charge is 0.478 e. The summed E-state index contributed by atoms with van der Waals surface area (Å²) in [6.45, 7) is 0.696. The lowest BCUT2D eigenvalue weighted by molar-refractivity contribution is 0.0697. The number of nitrogens with zero attached hydrogens (tertiary/aromatic N) is 3. The van der Waals surface area contributed by atoms with Crippen LogP contribution in [-0.4, -0.2) is 38.6 Å². The van der Waals surface area contributed by atoms with Gasteiger partial charge in [-0.05, 0) is 18.2 Å². The third-order valence-electron chi connectivity index (χ3n) is 2.56. The molecule has 3 N–H and O–H groups in total. The van der Waals surface area contributed by atoms with Crippen LogP contribution in [0, 0.1) is 5.82 Å². The van der Waals surface area contributed by atoms with E-state index in [9.17, 15) is 14.0 Å². The Labute approximate surface area is 118 Å². The second kappa shape index (κ2) is 6.46. The Balaban J connectivity index is 1.92. The highest BCUT2D eigenvalue weighted by atomic mass is 19.1. The maximum Gasteiger partial charge on any atom is 0.337 e. The van der Waals surface area contributed by atoms with E-state index in [4.69, 9.17) is 5.11 Å². The zero-order valence-corrected chi connectivity index (χ0v) is 10.8. The zero-order chi connectivity index (χ0) is 15.2. The van der Waals surface area contributed by atoms with Crippen LogP contribution in [-0.2, 0) is 6.54 Å². The van der Waals surface area contributed by atoms with Crippen molar-refractivity contribution in [2.24, 2.45) is 0 Å². The van der Waals surface area contributed by atoms with Gasteiger partial charge in [-0.3, -0.25) is 4.68 Å². The molecule has 0 fully saturated rings. The molecule has 1 aromatic carbocycles. The first-order valence-electron chi connectivity index (χ1n) is 5.98. The Kier molecular flexibility index (Phi) is 4.44. The third-order valence-corrected chi connectivity index (χ3v) is 2.56. The zero-order valence-electron chi connectivity index (χ0n) is 10.8. The summed E-state index contributed by atoms with van der Waals surface area (Å²) in [5.41, 5.74) is -0.302. The molecule has 0 bridgehead atoms. The molecule has 2 aromatic rings. The van der Waals surface area contributed by atoms with Crippen molar-refractivity contribution in [3.63, 3.8) is 0 Å². The quantitative estimate of drug-likeness (QED) is 0.760. The number of carboxylic acids is 1. The molecular weight excluding hydrogens is 281 g/mol. The highest BCUT2D eigenvalue weighted by Gasteiger charge is 2.13. The van der Waals surface area contributed by atoms with E-state index in [-0.39, 0.29) is 17.8 Å². The standard InChI is InChI=1S/C12H12FN5O3/c13-8-1-2-10(9(7-8)11(19)20)16-12(21)14-3-5-18-6-4-15-17-18/h1-2,4,6-7H,3,5H2,(H,19,20)(H2,14,16,21). The fourth-order valence-electron chi connectivity index (χ4n) is 1.60. The highest BCUT2D eigenvalue weighted by Crippen LogP contribution is 2.16. The van der Waals surface area contributed by atoms with Crippen molar-refractivity contribution in [2.75, 3.05) is 11.9 Å². The van der Waals surface area contributed by atoms with Gasteiger partial charge < -0.3 is 15.7 Å². The Bertz CT molecular complexity index is 644. The number of rotatable bonds is 5. The van der Waals surface area contributed by atoms with Crippen LogP contribution in [0.4, 0.5) is 14.9 Å². The first-order chi connectivity index (χ1) is 10.1. The summed E-state index contributed by atoms with van der Waals surface area (Å²) in [7, 11) is 0. The Morgan fingerprint density at radius 3 is 2.86 bits per heavy atom. The molecule has 0 saturated carbocycles. The van der Waals surface area contributed by atoms with Crippen LogP contribution in [0.5, 0.6) is 0 Å². The fraction of sp³-hybridized carbons (Fsp3) is 0.167. The van der Waals surface area contributed by atoms with Crippen molar-refractivity contribution in [1.82, 2.24) is 20.3 Å². The van der Waals surface area contributed by atoms with Crippen molar-refractivity contribution < 1.29 is 19.1 Å². The number of urea groups is 1. The number of halogens is 1. The van der Waals surface area contributed by atoms with Crippen LogP contribution in [0.3, 0.4) is 0 Å². The number of carbonyl (C=O) groups excluding carboxylic acids is 1. The second-order valence-electron chi connectivity index (χ2n) is 4.04. The predicted octanol–water partition coefficient (Wildman–Crippen LogP) is 0.937. The normalized spacial score (nSPS) is 10.1. The van der Waals surface area contributed by atoms with E-state index < -0.39 is 17.8 Å². The number of hydrogen-bond acceptors (Lipinski definition) is 4. The van der Waals surface area contributed by atoms with Crippen LogP contribution in [0.15, 0.2) is 30.6 Å². The molecule has 0 spiro atoms. The number of aromatic nitrogens is 3. The Hall–Kier alpha value is -2.97. The number of hydrogen-bond donors (Lipinski definition) is 3. The monoisotopic (exact) mass is 293 g/mol. The van der Waals surface area contributed by atoms with Crippen LogP contribution in [0.2, 0.25) is 0 Å². The number of anilines is 1. The molecule has 0 aliphatic carbocycles. The molecule has 9 heteroatoms. The van der Waals surface area contributed by atoms with Gasteiger partial charge in [0.1, 0.15) is 5.82 Å². The summed E-state index contributed by atoms with van der Waals surface area (Å²) < 4.78 is 14.5. The molecule has 1 heterocycles. The van der Waals surface area contributed by atoms with E-state index in [0.29, 0.717) is 6.54 Å². The smallest absolute Gasteiger partial charge is 0.337 e. The maximum absolute atomic E-state index is 13.0. The van der Waals surface area contributed by atoms with Crippen molar-refractivity contribution in [1.29, 1.82) is 0 Å². The average molecular weight is 293 g/mol. The molecular formula is C12H12FN5O3. The fourth-order valence-corrected chi connectivity index (χ4v) is 1.60. The van der Waals surface area contributed by atoms with E-state index in [1.54, 1.807) is 6.20 Å². The predicted molar refractivity (Wildman–Crippen MR) is 70.4 cm³/mol. The molecule has 1 aromatic heterocycles. The third kappa shape index (κ3) is 4.00. The first-order valence-corrected chi connectivity index (χ1v) is 5.98. The average Bonchev–Trinajstić information content (AvgIpc) is 2.94. The SMILES string of the molecule is O=C(NCCn1ccnn1)Nc1ccc(F)cc1C(=O)O. The molecule has 0 unspecified atom stereocenters. The lowest BCUT2D eigenvalue weighted by atomic mass is 10.2. The van der Waals surface area contributed by atoms with E-state index in [0.717, 1.165) is 12.1 Å². The van der Waals surface area contributed by atoms with Crippen molar-refractivity contribution in [3.8, 4) is 0 Å². The van der Waals surface area contributed by atoms with E-state index in [2.05, 4.69) is 20.9 Å². The van der Waals surface area contributed by atoms with Gasteiger partial charge in [-0.2, -0.15) is 0 Å². The van der Waals surface area contributed by atoms with Gasteiger partial charge in [0.15, 0.2) is 0 Å². The van der Waals surface area contributed by atoms with Crippen molar-refractivity contribution >= 4 is 17.7 Å². The van der Waals surface area contributed by atoms with Gasteiger partial charge in [0.25, 0.3) is 0 Å². The van der Waals surface area contributed by atoms with Gasteiger partial charge in [0.05, 0.1) is 24.0 Å². The minimum Gasteiger partial charge on any atom is -0.478 e. The lowest BCUT2D eigenvalue weighted by Gasteiger charge is -2.10. The minimum absolute atomic E-state index is 0.0159. The number of nitrogens with one attached hydrogen (secondary N) is 2. The second-order valence-corrected chi connectivity index (χ2v) is 4.04. The Morgan fingerprint density at radius 2 is 2.19 bits per heavy atom. The maximum atomic E-state index is 13.0. The summed E-state index contributed by atoms with van der Waals surface area (Å²) in [5.74, 6) is -2.02. The van der Waals surface area contributed by atoms with Gasteiger partial charge in [0, 0.05) is 12.7 Å². The number of carboxylic acid groups (broad SMARTS) is 1. The van der Waals surface area contributed by atoms with Gasteiger partial charge in [-0.1, -0.05) is 5.21 Å². The van der Waals surface area contributed by atoms with Crippen LogP contribution >= 0.6 is 0 Å². The van der Waals surface area contributed by atoms with E-state index >= 15 is 0 Å². The number of aromatic carboxylic acids is 1. The molecule has 21 heavy (non-hydrogen) atoms. The summed E-state index contributed by atoms with van der Waals surface area (Å²) in [6.07, 6.45) is 3.15. The minimum atomic E-state index is -1.33. The van der Waals surface area contributed by atoms with Gasteiger partial charge in [0.2, 0.25) is 0 Å². The molecule has 0 saturated heterocycles. The highest BCUT2D eigenvalue weighted by molar-refractivity contribution is 5.99. The lowest BCUT2D eigenvalue weighted by Crippen LogP contribution is -2.32. The van der Waals surface area contributed by atoms with E-state index in [1.165, 1.54) is 16.9 Å². The van der Waals surface area contributed by atoms with Crippen LogP contribution in [0.1, 0.15) is 10.4 Å². The number of carbonyl (C=O) groups is 2. The molecule has 0 atom stereocenters. The molecule has 110 valence electrons. The molecule has 0 aliphatic rings. The number of amides is 2. The van der Waals surface area contributed by atoms with E-state index in [1.807, 2.05) is 0 Å². The number of benzene rings is 1. The topological polar surface area (TPSA) is 109 Å².